The van der Waals surface area contributed by atoms with Gasteiger partial charge in [-0.2, -0.15) is 0 Å². The molecule has 0 aliphatic heterocycles. The molecule has 0 aromatic carbocycles. The topological polar surface area (TPSA) is 55.5 Å². The van der Waals surface area contributed by atoms with Crippen LogP contribution in [0.4, 0.5) is 0 Å². The summed E-state index contributed by atoms with van der Waals surface area (Å²) in [5.41, 5.74) is 0.586. The third kappa shape index (κ3) is 2.39. The van der Waals surface area contributed by atoms with E-state index in [1.807, 2.05) is 6.92 Å². The quantitative estimate of drug-likeness (QED) is 0.388. The van der Waals surface area contributed by atoms with Crippen LogP contribution in [0, 0.1) is 10.1 Å². The predicted octanol–water partition coefficient (Wildman–Crippen LogP) is 1.79. The lowest BCUT2D eigenvalue weighted by molar-refractivity contribution is -0.418. The summed E-state index contributed by atoms with van der Waals surface area (Å²) in [7, 11) is 0. The first-order valence-electron chi connectivity index (χ1n) is 3.88. The Morgan fingerprint density at radius 2 is 2.46 bits per heavy atom. The predicted molar refractivity (Wildman–Crippen MR) is 51.8 cm³/mol. The van der Waals surface area contributed by atoms with E-state index in [1.165, 1.54) is 12.2 Å². The van der Waals surface area contributed by atoms with Gasteiger partial charge >= 0.3 is 0 Å². The minimum absolute atomic E-state index is 0.0316. The van der Waals surface area contributed by atoms with E-state index in [0.29, 0.717) is 12.3 Å². The molecule has 13 heavy (non-hydrogen) atoms. The summed E-state index contributed by atoms with van der Waals surface area (Å²) in [6.45, 7) is 2.43. The molecule has 0 fully saturated rings. The molecule has 0 saturated heterocycles. The molecule has 1 rings (SSSR count). The Bertz CT molecular complexity index is 307. The van der Waals surface area contributed by atoms with Gasteiger partial charge in [0.2, 0.25) is 0 Å². The first-order valence-corrected chi connectivity index (χ1v) is 4.31. The normalized spacial score (nSPS) is 24.6. The minimum Gasteiger partial charge on any atom is -0.288 e. The Kier molecular flexibility index (Phi) is 3.19. The molecule has 1 aliphatic carbocycles. The van der Waals surface area contributed by atoms with Gasteiger partial charge < -0.3 is 0 Å². The first kappa shape index (κ1) is 9.92. The number of hydrogen-bond acceptors (Lipinski definition) is 3. The molecule has 1 unspecified atom stereocenters. The smallest absolute Gasteiger partial charge is 0.271 e. The van der Waals surface area contributed by atoms with Crippen LogP contribution in [0.3, 0.4) is 0 Å². The lowest BCUT2D eigenvalue weighted by atomic mass is 10.1. The SMILES string of the molecule is CCN=C1C=C([N+](=O)[O-])C=CC1Cl. The third-order valence-corrected chi connectivity index (χ3v) is 1.93. The van der Waals surface area contributed by atoms with Gasteiger partial charge in [0.15, 0.2) is 0 Å². The van der Waals surface area contributed by atoms with Crippen molar-refractivity contribution < 1.29 is 4.92 Å². The zero-order valence-corrected chi connectivity index (χ0v) is 7.86. The second kappa shape index (κ2) is 4.18. The number of halogens is 1. The van der Waals surface area contributed by atoms with Crippen LogP contribution in [0.5, 0.6) is 0 Å². The summed E-state index contributed by atoms with van der Waals surface area (Å²) in [6.07, 6.45) is 4.36. The summed E-state index contributed by atoms with van der Waals surface area (Å²) in [4.78, 5) is 14.0. The summed E-state index contributed by atoms with van der Waals surface area (Å²) in [5, 5.41) is 10.1. The maximum Gasteiger partial charge on any atom is 0.271 e. The van der Waals surface area contributed by atoms with E-state index in [1.54, 1.807) is 6.08 Å². The fourth-order valence-corrected chi connectivity index (χ4v) is 1.19. The zero-order valence-electron chi connectivity index (χ0n) is 7.11. The van der Waals surface area contributed by atoms with Crippen LogP contribution >= 0.6 is 11.6 Å². The van der Waals surface area contributed by atoms with Crippen molar-refractivity contribution in [1.82, 2.24) is 0 Å². The Labute approximate surface area is 80.8 Å². The van der Waals surface area contributed by atoms with Crippen molar-refractivity contribution in [1.29, 1.82) is 0 Å². The molecule has 0 heterocycles. The van der Waals surface area contributed by atoms with Crippen molar-refractivity contribution in [2.45, 2.75) is 12.3 Å². The van der Waals surface area contributed by atoms with Crippen LogP contribution in [-0.2, 0) is 0 Å². The lowest BCUT2D eigenvalue weighted by Crippen LogP contribution is -2.16. The number of rotatable bonds is 2. The molecular formula is C8H9ClN2O2. The molecule has 0 radical (unpaired) electrons. The Hall–Kier alpha value is -1.16. The zero-order chi connectivity index (χ0) is 9.84. The van der Waals surface area contributed by atoms with Crippen molar-refractivity contribution in [3.63, 3.8) is 0 Å². The molecule has 1 aliphatic rings. The minimum atomic E-state index is -0.454. The van der Waals surface area contributed by atoms with Crippen molar-refractivity contribution in [2.75, 3.05) is 6.54 Å². The molecular weight excluding hydrogens is 192 g/mol. The molecule has 0 aromatic rings. The largest absolute Gasteiger partial charge is 0.288 e. The fourth-order valence-electron chi connectivity index (χ4n) is 0.990. The molecule has 0 amide bonds. The highest BCUT2D eigenvalue weighted by atomic mass is 35.5. The summed E-state index contributed by atoms with van der Waals surface area (Å²) in [5.74, 6) is 0. The summed E-state index contributed by atoms with van der Waals surface area (Å²) in [6, 6.07) is 0. The van der Waals surface area contributed by atoms with Gasteiger partial charge in [-0.3, -0.25) is 15.1 Å². The van der Waals surface area contributed by atoms with E-state index >= 15 is 0 Å². The van der Waals surface area contributed by atoms with Crippen molar-refractivity contribution >= 4 is 17.3 Å². The third-order valence-electron chi connectivity index (χ3n) is 1.57. The number of alkyl halides is 1. The number of hydrogen-bond donors (Lipinski definition) is 0. The second-order valence-corrected chi connectivity index (χ2v) is 2.96. The number of nitro groups is 1. The fraction of sp³-hybridized carbons (Fsp3) is 0.375. The molecule has 0 aromatic heterocycles. The monoisotopic (exact) mass is 200 g/mol. The van der Waals surface area contributed by atoms with Crippen LogP contribution in [0.25, 0.3) is 0 Å². The van der Waals surface area contributed by atoms with Gasteiger partial charge in [0, 0.05) is 18.7 Å². The van der Waals surface area contributed by atoms with Gasteiger partial charge in [-0.15, -0.1) is 11.6 Å². The highest BCUT2D eigenvalue weighted by Crippen LogP contribution is 2.13. The van der Waals surface area contributed by atoms with Crippen molar-refractivity contribution in [3.8, 4) is 0 Å². The summed E-state index contributed by atoms with van der Waals surface area (Å²) >= 11 is 5.85. The van der Waals surface area contributed by atoms with Gasteiger partial charge in [-0.05, 0) is 6.92 Å². The van der Waals surface area contributed by atoms with Gasteiger partial charge in [-0.25, -0.2) is 0 Å². The maximum absolute atomic E-state index is 10.4. The van der Waals surface area contributed by atoms with Crippen molar-refractivity contribution in [2.24, 2.45) is 4.99 Å². The average molecular weight is 201 g/mol. The Balaban J connectivity index is 2.93. The van der Waals surface area contributed by atoms with Crippen LogP contribution in [0.15, 0.2) is 28.9 Å². The van der Waals surface area contributed by atoms with Crippen LogP contribution in [0.2, 0.25) is 0 Å². The number of aliphatic imine (C=N–C) groups is 1. The highest BCUT2D eigenvalue weighted by molar-refractivity contribution is 6.35. The lowest BCUT2D eigenvalue weighted by Gasteiger charge is -2.08. The van der Waals surface area contributed by atoms with Crippen LogP contribution < -0.4 is 0 Å². The van der Waals surface area contributed by atoms with E-state index in [9.17, 15) is 10.1 Å². The Morgan fingerprint density at radius 3 is 3.00 bits per heavy atom. The van der Waals surface area contributed by atoms with E-state index in [-0.39, 0.29) is 11.1 Å². The maximum atomic E-state index is 10.4. The molecule has 0 saturated carbocycles. The molecule has 4 nitrogen and oxygen atoms in total. The first-order chi connectivity index (χ1) is 6.15. The van der Waals surface area contributed by atoms with Crippen LogP contribution in [0.1, 0.15) is 6.92 Å². The number of allylic oxidation sites excluding steroid dienone is 3. The van der Waals surface area contributed by atoms with E-state index < -0.39 is 4.92 Å². The molecule has 0 N–H and O–H groups in total. The van der Waals surface area contributed by atoms with Crippen molar-refractivity contribution in [3.05, 3.63) is 34.0 Å². The molecule has 1 atom stereocenters. The molecule has 0 bridgehead atoms. The standard InChI is InChI=1S/C8H9ClN2O2/c1-2-10-8-5-6(11(12)13)3-4-7(8)9/h3-5,7H,2H2,1H3. The highest BCUT2D eigenvalue weighted by Gasteiger charge is 2.18. The number of nitrogens with zero attached hydrogens (tertiary/aromatic N) is 2. The Morgan fingerprint density at radius 1 is 1.77 bits per heavy atom. The van der Waals surface area contributed by atoms with Gasteiger partial charge in [0.1, 0.15) is 0 Å². The van der Waals surface area contributed by atoms with Crippen LogP contribution in [-0.4, -0.2) is 22.6 Å². The average Bonchev–Trinajstić information content (AvgIpc) is 2.08. The van der Waals surface area contributed by atoms with E-state index in [4.69, 9.17) is 11.6 Å². The molecule has 0 spiro atoms. The molecule has 70 valence electrons. The van der Waals surface area contributed by atoms with E-state index in [2.05, 4.69) is 4.99 Å². The van der Waals surface area contributed by atoms with E-state index in [0.717, 1.165) is 0 Å². The van der Waals surface area contributed by atoms with Gasteiger partial charge in [-0.1, -0.05) is 6.08 Å². The summed E-state index contributed by atoms with van der Waals surface area (Å²) < 4.78 is 0. The molecule has 5 heteroatoms. The van der Waals surface area contributed by atoms with Gasteiger partial charge in [0.05, 0.1) is 16.0 Å². The second-order valence-electron chi connectivity index (χ2n) is 2.49. The van der Waals surface area contributed by atoms with Gasteiger partial charge in [0.25, 0.3) is 5.70 Å².